The molecule has 4 atom stereocenters. The fourth-order valence-corrected chi connectivity index (χ4v) is 3.49. The summed E-state index contributed by atoms with van der Waals surface area (Å²) in [5.74, 6) is 1.18. The molecule has 1 aromatic rings. The van der Waals surface area contributed by atoms with Crippen LogP contribution in [0.2, 0.25) is 0 Å². The maximum absolute atomic E-state index is 12.5. The summed E-state index contributed by atoms with van der Waals surface area (Å²) in [6, 6.07) is 7.65. The number of methoxy groups -OCH3 is 1. The maximum atomic E-state index is 12.5. The van der Waals surface area contributed by atoms with Crippen LogP contribution in [-0.2, 0) is 4.79 Å². The first-order valence-electron chi connectivity index (χ1n) is 8.05. The van der Waals surface area contributed by atoms with E-state index >= 15 is 0 Å². The SMILES string of the molecule is COc1ccc([C@@H](C)NC(=O)C2CC3CNC(=O)NC3C2)cc1. The first kappa shape index (κ1) is 15.6. The van der Waals surface area contributed by atoms with E-state index in [4.69, 9.17) is 4.74 Å². The molecule has 23 heavy (non-hydrogen) atoms. The molecule has 2 aliphatic rings. The molecular weight excluding hydrogens is 294 g/mol. The fraction of sp³-hybridized carbons (Fsp3) is 0.529. The molecule has 1 heterocycles. The van der Waals surface area contributed by atoms with Crippen molar-refractivity contribution in [3.63, 3.8) is 0 Å². The molecule has 3 amide bonds. The molecule has 1 aliphatic carbocycles. The third-order valence-electron chi connectivity index (χ3n) is 4.88. The third-order valence-corrected chi connectivity index (χ3v) is 4.88. The molecule has 124 valence electrons. The van der Waals surface area contributed by atoms with Gasteiger partial charge in [-0.1, -0.05) is 12.1 Å². The van der Waals surface area contributed by atoms with Gasteiger partial charge in [0, 0.05) is 18.5 Å². The number of ether oxygens (including phenoxy) is 1. The normalized spacial score (nSPS) is 27.4. The van der Waals surface area contributed by atoms with Crippen molar-refractivity contribution in [3.8, 4) is 5.75 Å². The monoisotopic (exact) mass is 317 g/mol. The van der Waals surface area contributed by atoms with E-state index in [1.165, 1.54) is 0 Å². The van der Waals surface area contributed by atoms with Crippen molar-refractivity contribution in [1.29, 1.82) is 0 Å². The summed E-state index contributed by atoms with van der Waals surface area (Å²) in [4.78, 5) is 23.9. The van der Waals surface area contributed by atoms with Crippen molar-refractivity contribution in [2.75, 3.05) is 13.7 Å². The van der Waals surface area contributed by atoms with Gasteiger partial charge in [0.15, 0.2) is 0 Å². The van der Waals surface area contributed by atoms with Crippen molar-refractivity contribution in [1.82, 2.24) is 16.0 Å². The number of hydrogen-bond donors (Lipinski definition) is 3. The van der Waals surface area contributed by atoms with Crippen molar-refractivity contribution in [2.24, 2.45) is 11.8 Å². The van der Waals surface area contributed by atoms with Gasteiger partial charge in [-0.05, 0) is 43.4 Å². The number of carbonyl (C=O) groups excluding carboxylic acids is 2. The van der Waals surface area contributed by atoms with Gasteiger partial charge in [-0.15, -0.1) is 0 Å². The standard InChI is InChI=1S/C17H23N3O3/c1-10(11-3-5-14(23-2)6-4-11)19-16(21)12-7-13-9-18-17(22)20-15(13)8-12/h3-6,10,12-13,15H,7-9H2,1-2H3,(H,19,21)(H2,18,20,22)/t10-,12?,13?,15?/m1/s1. The minimum absolute atomic E-state index is 0.0362. The molecule has 6 heteroatoms. The van der Waals surface area contributed by atoms with Gasteiger partial charge < -0.3 is 20.7 Å². The summed E-state index contributed by atoms with van der Waals surface area (Å²) in [7, 11) is 1.63. The number of nitrogens with one attached hydrogen (secondary N) is 3. The van der Waals surface area contributed by atoms with Gasteiger partial charge in [0.25, 0.3) is 0 Å². The Balaban J connectivity index is 1.57. The number of urea groups is 1. The Bertz CT molecular complexity index is 587. The highest BCUT2D eigenvalue weighted by Crippen LogP contribution is 2.33. The Labute approximate surface area is 136 Å². The largest absolute Gasteiger partial charge is 0.497 e. The second-order valence-electron chi connectivity index (χ2n) is 6.39. The second kappa shape index (κ2) is 6.48. The first-order valence-corrected chi connectivity index (χ1v) is 8.05. The average Bonchev–Trinajstić information content (AvgIpc) is 2.98. The summed E-state index contributed by atoms with van der Waals surface area (Å²) < 4.78 is 5.15. The van der Waals surface area contributed by atoms with Crippen LogP contribution < -0.4 is 20.7 Å². The molecule has 0 bridgehead atoms. The molecule has 3 rings (SSSR count). The zero-order valence-corrected chi connectivity index (χ0v) is 13.5. The number of hydrogen-bond acceptors (Lipinski definition) is 3. The minimum atomic E-state index is -0.126. The lowest BCUT2D eigenvalue weighted by atomic mass is 10.0. The molecule has 1 saturated heterocycles. The molecule has 3 unspecified atom stereocenters. The van der Waals surface area contributed by atoms with Gasteiger partial charge in [0.1, 0.15) is 5.75 Å². The van der Waals surface area contributed by atoms with Crippen LogP contribution in [0.25, 0.3) is 0 Å². The Morgan fingerprint density at radius 3 is 2.74 bits per heavy atom. The molecule has 1 aliphatic heterocycles. The van der Waals surface area contributed by atoms with Gasteiger partial charge in [-0.3, -0.25) is 4.79 Å². The van der Waals surface area contributed by atoms with Gasteiger partial charge in [0.05, 0.1) is 13.2 Å². The predicted octanol–water partition coefficient (Wildman–Crippen LogP) is 1.58. The molecular formula is C17H23N3O3. The van der Waals surface area contributed by atoms with Crippen LogP contribution in [0.4, 0.5) is 4.79 Å². The number of amides is 3. The number of fused-ring (bicyclic) bond motifs is 1. The Morgan fingerprint density at radius 1 is 1.30 bits per heavy atom. The average molecular weight is 317 g/mol. The lowest BCUT2D eigenvalue weighted by molar-refractivity contribution is -0.125. The molecule has 0 spiro atoms. The van der Waals surface area contributed by atoms with E-state index in [1.807, 2.05) is 31.2 Å². The van der Waals surface area contributed by atoms with Crippen LogP contribution in [0.15, 0.2) is 24.3 Å². The van der Waals surface area contributed by atoms with Crippen molar-refractivity contribution in [3.05, 3.63) is 29.8 Å². The quantitative estimate of drug-likeness (QED) is 0.789. The molecule has 1 saturated carbocycles. The van der Waals surface area contributed by atoms with E-state index in [0.29, 0.717) is 12.5 Å². The van der Waals surface area contributed by atoms with Crippen LogP contribution in [-0.4, -0.2) is 31.6 Å². The van der Waals surface area contributed by atoms with Gasteiger partial charge in [0.2, 0.25) is 5.91 Å². The summed E-state index contributed by atoms with van der Waals surface area (Å²) in [6.07, 6.45) is 1.54. The van der Waals surface area contributed by atoms with Crippen LogP contribution in [0.3, 0.4) is 0 Å². The highest BCUT2D eigenvalue weighted by Gasteiger charge is 2.40. The molecule has 3 N–H and O–H groups in total. The molecule has 6 nitrogen and oxygen atoms in total. The van der Waals surface area contributed by atoms with Crippen molar-refractivity contribution < 1.29 is 14.3 Å². The molecule has 0 radical (unpaired) electrons. The van der Waals surface area contributed by atoms with Crippen molar-refractivity contribution >= 4 is 11.9 Å². The molecule has 0 aromatic heterocycles. The molecule has 1 aromatic carbocycles. The summed E-state index contributed by atoms with van der Waals surface area (Å²) in [5.41, 5.74) is 1.05. The summed E-state index contributed by atoms with van der Waals surface area (Å²) in [5, 5.41) is 8.80. The molecule has 2 fully saturated rings. The van der Waals surface area contributed by atoms with Crippen LogP contribution in [0.1, 0.15) is 31.4 Å². The van der Waals surface area contributed by atoms with E-state index in [0.717, 1.165) is 24.2 Å². The topological polar surface area (TPSA) is 79.5 Å². The Morgan fingerprint density at radius 2 is 2.04 bits per heavy atom. The van der Waals surface area contributed by atoms with Crippen molar-refractivity contribution in [2.45, 2.75) is 31.8 Å². The van der Waals surface area contributed by atoms with Crippen LogP contribution in [0.5, 0.6) is 5.75 Å². The van der Waals surface area contributed by atoms with Crippen LogP contribution in [0, 0.1) is 11.8 Å². The van der Waals surface area contributed by atoms with E-state index < -0.39 is 0 Å². The Kier molecular flexibility index (Phi) is 4.41. The van der Waals surface area contributed by atoms with Gasteiger partial charge >= 0.3 is 6.03 Å². The smallest absolute Gasteiger partial charge is 0.315 e. The number of benzene rings is 1. The number of carbonyl (C=O) groups is 2. The third kappa shape index (κ3) is 3.41. The summed E-state index contributed by atoms with van der Waals surface area (Å²) >= 11 is 0. The zero-order chi connectivity index (χ0) is 16.4. The van der Waals surface area contributed by atoms with Crippen LogP contribution >= 0.6 is 0 Å². The van der Waals surface area contributed by atoms with Gasteiger partial charge in [-0.25, -0.2) is 4.79 Å². The Hall–Kier alpha value is -2.24. The fourth-order valence-electron chi connectivity index (χ4n) is 3.49. The minimum Gasteiger partial charge on any atom is -0.497 e. The highest BCUT2D eigenvalue weighted by molar-refractivity contribution is 5.80. The van der Waals surface area contributed by atoms with E-state index in [9.17, 15) is 9.59 Å². The van der Waals surface area contributed by atoms with Gasteiger partial charge in [-0.2, -0.15) is 0 Å². The van der Waals surface area contributed by atoms with E-state index in [-0.39, 0.29) is 29.9 Å². The first-order chi connectivity index (χ1) is 11.1. The van der Waals surface area contributed by atoms with E-state index in [1.54, 1.807) is 7.11 Å². The predicted molar refractivity (Wildman–Crippen MR) is 86.1 cm³/mol. The number of rotatable bonds is 4. The second-order valence-corrected chi connectivity index (χ2v) is 6.39. The zero-order valence-electron chi connectivity index (χ0n) is 13.5. The highest BCUT2D eigenvalue weighted by atomic mass is 16.5. The lowest BCUT2D eigenvalue weighted by Gasteiger charge is -2.26. The van der Waals surface area contributed by atoms with E-state index in [2.05, 4.69) is 16.0 Å². The summed E-state index contributed by atoms with van der Waals surface area (Å²) in [6.45, 7) is 2.64. The lowest BCUT2D eigenvalue weighted by Crippen LogP contribution is -2.52. The maximum Gasteiger partial charge on any atom is 0.315 e.